The molecular formula is C16H14ClFN4O3S. The summed E-state index contributed by atoms with van der Waals surface area (Å²) < 4.78 is 13.6. The molecule has 0 spiro atoms. The van der Waals surface area contributed by atoms with Crippen LogP contribution in [-0.2, 0) is 15.1 Å². The van der Waals surface area contributed by atoms with E-state index in [0.29, 0.717) is 15.6 Å². The van der Waals surface area contributed by atoms with Crippen LogP contribution in [0.25, 0.3) is 0 Å². The van der Waals surface area contributed by atoms with Gasteiger partial charge in [-0.2, -0.15) is 0 Å². The first-order valence-electron chi connectivity index (χ1n) is 7.53. The molecule has 7 nitrogen and oxygen atoms in total. The molecule has 0 bridgehead atoms. The molecule has 1 aliphatic heterocycles. The summed E-state index contributed by atoms with van der Waals surface area (Å²) in [6.07, 6.45) is 0. The van der Waals surface area contributed by atoms with E-state index in [2.05, 4.69) is 15.6 Å². The molecule has 2 N–H and O–H groups in total. The molecule has 3 rings (SSSR count). The van der Waals surface area contributed by atoms with Crippen LogP contribution in [0.3, 0.4) is 0 Å². The van der Waals surface area contributed by atoms with Crippen molar-refractivity contribution in [3.8, 4) is 0 Å². The molecule has 0 aliphatic carbocycles. The predicted octanol–water partition coefficient (Wildman–Crippen LogP) is 2.65. The van der Waals surface area contributed by atoms with E-state index in [1.54, 1.807) is 6.92 Å². The maximum Gasteiger partial charge on any atom is 0.325 e. The number of hydrogen-bond donors (Lipinski definition) is 2. The van der Waals surface area contributed by atoms with Crippen LogP contribution >= 0.6 is 22.9 Å². The Morgan fingerprint density at radius 2 is 2.04 bits per heavy atom. The normalized spacial score (nSPS) is 19.6. The molecule has 1 atom stereocenters. The second-order valence-electron chi connectivity index (χ2n) is 5.88. The van der Waals surface area contributed by atoms with E-state index in [1.165, 1.54) is 31.2 Å². The number of urea groups is 1. The van der Waals surface area contributed by atoms with Crippen molar-refractivity contribution in [1.29, 1.82) is 0 Å². The number of aryl methyl sites for hydroxylation is 1. The number of rotatable bonds is 4. The van der Waals surface area contributed by atoms with E-state index >= 15 is 0 Å². The average molecular weight is 397 g/mol. The minimum Gasteiger partial charge on any atom is -0.319 e. The van der Waals surface area contributed by atoms with Crippen molar-refractivity contribution in [3.63, 3.8) is 0 Å². The number of amides is 4. The highest BCUT2D eigenvalue weighted by Crippen LogP contribution is 2.29. The lowest BCUT2D eigenvalue weighted by Gasteiger charge is -2.22. The van der Waals surface area contributed by atoms with E-state index in [9.17, 15) is 18.8 Å². The Hall–Kier alpha value is -2.52. The van der Waals surface area contributed by atoms with Crippen LogP contribution < -0.4 is 10.6 Å². The molecule has 2 aromatic rings. The molecule has 0 radical (unpaired) electrons. The van der Waals surface area contributed by atoms with Crippen LogP contribution in [0.15, 0.2) is 24.3 Å². The molecule has 1 unspecified atom stereocenters. The van der Waals surface area contributed by atoms with Crippen molar-refractivity contribution in [2.24, 2.45) is 0 Å². The lowest BCUT2D eigenvalue weighted by molar-refractivity contribution is -0.133. The number of nitrogens with one attached hydrogen (secondary N) is 2. The maximum atomic E-state index is 13.1. The summed E-state index contributed by atoms with van der Waals surface area (Å²) in [5.74, 6) is -1.64. The number of thiazole rings is 1. The first kappa shape index (κ1) is 18.3. The number of carbonyl (C=O) groups is 3. The molecule has 1 aromatic carbocycles. The number of imide groups is 1. The predicted molar refractivity (Wildman–Crippen MR) is 94.5 cm³/mol. The van der Waals surface area contributed by atoms with Crippen molar-refractivity contribution in [2.75, 3.05) is 11.9 Å². The van der Waals surface area contributed by atoms with Crippen molar-refractivity contribution >= 4 is 45.9 Å². The van der Waals surface area contributed by atoms with Crippen molar-refractivity contribution < 1.29 is 18.8 Å². The number of nitrogens with zero attached hydrogens (tertiary/aromatic N) is 2. The molecular weight excluding hydrogens is 383 g/mol. The third kappa shape index (κ3) is 3.27. The molecule has 10 heteroatoms. The monoisotopic (exact) mass is 396 g/mol. The van der Waals surface area contributed by atoms with Gasteiger partial charge in [0, 0.05) is 0 Å². The van der Waals surface area contributed by atoms with Gasteiger partial charge >= 0.3 is 6.03 Å². The molecule has 1 aliphatic rings. The highest BCUT2D eigenvalue weighted by atomic mass is 35.5. The highest BCUT2D eigenvalue weighted by Gasteiger charge is 2.49. The third-order valence-electron chi connectivity index (χ3n) is 3.98. The number of hydrogen-bond acceptors (Lipinski definition) is 5. The molecule has 1 aromatic heterocycles. The van der Waals surface area contributed by atoms with E-state index < -0.39 is 35.7 Å². The largest absolute Gasteiger partial charge is 0.325 e. The molecule has 26 heavy (non-hydrogen) atoms. The Morgan fingerprint density at radius 3 is 2.62 bits per heavy atom. The van der Waals surface area contributed by atoms with E-state index in [0.717, 1.165) is 16.2 Å². The van der Waals surface area contributed by atoms with Gasteiger partial charge in [-0.25, -0.2) is 14.2 Å². The number of aromatic nitrogens is 1. The maximum absolute atomic E-state index is 13.1. The van der Waals surface area contributed by atoms with Crippen LogP contribution in [-0.4, -0.2) is 34.3 Å². The van der Waals surface area contributed by atoms with Gasteiger partial charge in [0.15, 0.2) is 5.13 Å². The quantitative estimate of drug-likeness (QED) is 0.777. The molecule has 1 fully saturated rings. The average Bonchev–Trinajstić information content (AvgIpc) is 2.99. The molecule has 4 amide bonds. The molecule has 0 saturated carbocycles. The lowest BCUT2D eigenvalue weighted by atomic mass is 9.92. The zero-order chi connectivity index (χ0) is 19.1. The fraction of sp³-hybridized carbons (Fsp3) is 0.250. The summed E-state index contributed by atoms with van der Waals surface area (Å²) in [4.78, 5) is 41.9. The van der Waals surface area contributed by atoms with Crippen LogP contribution in [0.2, 0.25) is 4.34 Å². The minimum atomic E-state index is -1.37. The smallest absolute Gasteiger partial charge is 0.319 e. The first-order chi connectivity index (χ1) is 12.2. The lowest BCUT2D eigenvalue weighted by Crippen LogP contribution is -2.42. The summed E-state index contributed by atoms with van der Waals surface area (Å²) in [7, 11) is 0. The Bertz CT molecular complexity index is 882. The molecule has 136 valence electrons. The fourth-order valence-electron chi connectivity index (χ4n) is 2.55. The van der Waals surface area contributed by atoms with Gasteiger partial charge < -0.3 is 10.6 Å². The summed E-state index contributed by atoms with van der Waals surface area (Å²) in [6, 6.07) is 4.52. The van der Waals surface area contributed by atoms with E-state index in [1.807, 2.05) is 0 Å². The number of halogens is 2. The van der Waals surface area contributed by atoms with Gasteiger partial charge in [-0.1, -0.05) is 35.1 Å². The SMILES string of the molecule is Cc1nc(NC(=O)CN2C(=O)NC(C)(c3ccc(F)cc3)C2=O)sc1Cl. The van der Waals surface area contributed by atoms with Gasteiger partial charge in [-0.05, 0) is 31.5 Å². The van der Waals surface area contributed by atoms with E-state index in [4.69, 9.17) is 11.6 Å². The highest BCUT2D eigenvalue weighted by molar-refractivity contribution is 7.19. The summed E-state index contributed by atoms with van der Waals surface area (Å²) in [6.45, 7) is 2.72. The number of benzene rings is 1. The minimum absolute atomic E-state index is 0.283. The second kappa shape index (κ2) is 6.65. The summed E-state index contributed by atoms with van der Waals surface area (Å²) in [5.41, 5.74) is -0.375. The van der Waals surface area contributed by atoms with Gasteiger partial charge in [-0.3, -0.25) is 14.5 Å². The Labute approximate surface area is 157 Å². The fourth-order valence-corrected chi connectivity index (χ4v) is 3.53. The van der Waals surface area contributed by atoms with Crippen molar-refractivity contribution in [1.82, 2.24) is 15.2 Å². The van der Waals surface area contributed by atoms with Crippen LogP contribution in [0, 0.1) is 12.7 Å². The Morgan fingerprint density at radius 1 is 1.38 bits per heavy atom. The van der Waals surface area contributed by atoms with Gasteiger partial charge in [0.1, 0.15) is 22.2 Å². The van der Waals surface area contributed by atoms with Gasteiger partial charge in [0.25, 0.3) is 5.91 Å². The zero-order valence-electron chi connectivity index (χ0n) is 13.8. The third-order valence-corrected chi connectivity index (χ3v) is 5.35. The topological polar surface area (TPSA) is 91.4 Å². The van der Waals surface area contributed by atoms with E-state index in [-0.39, 0.29) is 5.13 Å². The summed E-state index contributed by atoms with van der Waals surface area (Å²) >= 11 is 6.98. The van der Waals surface area contributed by atoms with Crippen molar-refractivity contribution in [2.45, 2.75) is 19.4 Å². The standard InChI is InChI=1S/C16H14ClFN4O3S/c1-8-12(17)26-14(19-8)20-11(23)7-22-13(24)16(2,21-15(22)25)9-3-5-10(18)6-4-9/h3-6H,7H2,1-2H3,(H,21,25)(H,19,20,23). The van der Waals surface area contributed by atoms with Gasteiger partial charge in [0.2, 0.25) is 5.91 Å². The summed E-state index contributed by atoms with van der Waals surface area (Å²) in [5, 5.41) is 5.34. The van der Waals surface area contributed by atoms with Crippen molar-refractivity contribution in [3.05, 3.63) is 45.7 Å². The number of anilines is 1. The Balaban J connectivity index is 1.74. The van der Waals surface area contributed by atoms with Crippen LogP contribution in [0.5, 0.6) is 0 Å². The Kier molecular flexibility index (Phi) is 4.68. The van der Waals surface area contributed by atoms with Crippen LogP contribution in [0.1, 0.15) is 18.2 Å². The van der Waals surface area contributed by atoms with Crippen LogP contribution in [0.4, 0.5) is 14.3 Å². The molecule has 2 heterocycles. The van der Waals surface area contributed by atoms with Gasteiger partial charge in [-0.15, -0.1) is 0 Å². The molecule has 1 saturated heterocycles. The first-order valence-corrected chi connectivity index (χ1v) is 8.73. The van der Waals surface area contributed by atoms with Gasteiger partial charge in [0.05, 0.1) is 5.69 Å². The zero-order valence-corrected chi connectivity index (χ0v) is 15.4. The second-order valence-corrected chi connectivity index (χ2v) is 7.48. The number of carbonyl (C=O) groups excluding carboxylic acids is 3.